The first-order valence-corrected chi connectivity index (χ1v) is 12.5. The molecule has 0 unspecified atom stereocenters. The lowest BCUT2D eigenvalue weighted by Gasteiger charge is -2.30. The largest absolute Gasteiger partial charge is 0.356 e. The number of para-hydroxylation sites is 1. The molecule has 9 nitrogen and oxygen atoms in total. The van der Waals surface area contributed by atoms with Crippen LogP contribution in [0.3, 0.4) is 0 Å². The van der Waals surface area contributed by atoms with Gasteiger partial charge in [-0.1, -0.05) is 36.5 Å². The Morgan fingerprint density at radius 2 is 1.97 bits per heavy atom. The summed E-state index contributed by atoms with van der Waals surface area (Å²) in [7, 11) is 0. The highest BCUT2D eigenvalue weighted by molar-refractivity contribution is 7.22. The Balaban J connectivity index is 1.47. The molecule has 0 bridgehead atoms. The molecule has 0 radical (unpaired) electrons. The zero-order valence-corrected chi connectivity index (χ0v) is 20.6. The van der Waals surface area contributed by atoms with Crippen molar-refractivity contribution in [3.8, 4) is 0 Å². The van der Waals surface area contributed by atoms with Gasteiger partial charge in [0, 0.05) is 31.2 Å². The Labute approximate surface area is 202 Å². The highest BCUT2D eigenvalue weighted by Gasteiger charge is 2.26. The number of carbonyl (C=O) groups excluding carboxylic acids is 2. The molecular formula is C24H30N6O3S. The van der Waals surface area contributed by atoms with Crippen LogP contribution in [0.15, 0.2) is 29.3 Å². The molecule has 1 fully saturated rings. The van der Waals surface area contributed by atoms with E-state index in [0.29, 0.717) is 30.0 Å². The summed E-state index contributed by atoms with van der Waals surface area (Å²) in [5, 5.41) is 6.57. The van der Waals surface area contributed by atoms with Gasteiger partial charge in [-0.2, -0.15) is 4.98 Å². The maximum atomic E-state index is 13.1. The van der Waals surface area contributed by atoms with E-state index in [1.807, 2.05) is 39.0 Å². The molecule has 180 valence electrons. The first-order valence-electron chi connectivity index (χ1n) is 11.7. The number of nitrogens with one attached hydrogen (secondary N) is 2. The van der Waals surface area contributed by atoms with Gasteiger partial charge in [-0.05, 0) is 44.2 Å². The van der Waals surface area contributed by atoms with Crippen LogP contribution in [-0.2, 0) is 22.6 Å². The fraction of sp³-hybridized carbons (Fsp3) is 0.458. The number of thiazole rings is 1. The number of aryl methyl sites for hydroxylation is 2. The minimum Gasteiger partial charge on any atom is -0.356 e. The molecule has 0 aliphatic carbocycles. The molecule has 34 heavy (non-hydrogen) atoms. The molecular weight excluding hydrogens is 452 g/mol. The van der Waals surface area contributed by atoms with Crippen molar-refractivity contribution in [1.29, 1.82) is 0 Å². The summed E-state index contributed by atoms with van der Waals surface area (Å²) < 4.78 is 1.76. The molecule has 2 aromatic heterocycles. The van der Waals surface area contributed by atoms with Gasteiger partial charge in [0.05, 0.1) is 0 Å². The number of piperidine rings is 1. The van der Waals surface area contributed by atoms with Crippen molar-refractivity contribution < 1.29 is 9.59 Å². The van der Waals surface area contributed by atoms with Crippen molar-refractivity contribution in [3.63, 3.8) is 0 Å². The van der Waals surface area contributed by atoms with Crippen molar-refractivity contribution in [2.75, 3.05) is 29.9 Å². The van der Waals surface area contributed by atoms with Crippen LogP contribution in [0.2, 0.25) is 0 Å². The maximum absolute atomic E-state index is 13.1. The van der Waals surface area contributed by atoms with Gasteiger partial charge in [-0.3, -0.25) is 19.0 Å². The number of amides is 2. The lowest BCUT2D eigenvalue weighted by atomic mass is 9.96. The summed E-state index contributed by atoms with van der Waals surface area (Å²) in [4.78, 5) is 48.8. The number of rotatable bonds is 7. The van der Waals surface area contributed by atoms with Crippen LogP contribution in [-0.4, -0.2) is 46.0 Å². The second kappa shape index (κ2) is 10.3. The van der Waals surface area contributed by atoms with Gasteiger partial charge >= 0.3 is 0 Å². The Kier molecular flexibility index (Phi) is 7.26. The Bertz CT molecular complexity index is 1260. The van der Waals surface area contributed by atoms with Crippen molar-refractivity contribution in [1.82, 2.24) is 19.9 Å². The normalized spacial score (nSPS) is 14.4. The van der Waals surface area contributed by atoms with E-state index in [1.165, 1.54) is 22.2 Å². The average Bonchev–Trinajstić information content (AvgIpc) is 3.28. The number of carbonyl (C=O) groups is 2. The van der Waals surface area contributed by atoms with Gasteiger partial charge in [-0.25, -0.2) is 4.98 Å². The lowest BCUT2D eigenvalue weighted by molar-refractivity contribution is -0.125. The second-order valence-corrected chi connectivity index (χ2v) is 9.47. The lowest BCUT2D eigenvalue weighted by Crippen LogP contribution is -2.40. The molecule has 1 aliphatic rings. The van der Waals surface area contributed by atoms with Crippen LogP contribution < -0.4 is 21.1 Å². The molecule has 0 spiro atoms. The fourth-order valence-corrected chi connectivity index (χ4v) is 5.29. The van der Waals surface area contributed by atoms with E-state index in [9.17, 15) is 14.4 Å². The van der Waals surface area contributed by atoms with Crippen molar-refractivity contribution in [2.24, 2.45) is 5.92 Å². The molecule has 4 rings (SSSR count). The molecule has 0 saturated carbocycles. The van der Waals surface area contributed by atoms with Crippen LogP contribution in [0.5, 0.6) is 0 Å². The third-order valence-electron chi connectivity index (χ3n) is 6.18. The van der Waals surface area contributed by atoms with Gasteiger partial charge in [0.15, 0.2) is 10.8 Å². The third kappa shape index (κ3) is 4.96. The van der Waals surface area contributed by atoms with E-state index in [1.54, 1.807) is 0 Å². The van der Waals surface area contributed by atoms with Crippen molar-refractivity contribution in [3.05, 3.63) is 46.0 Å². The van der Waals surface area contributed by atoms with E-state index in [0.717, 1.165) is 41.2 Å². The maximum Gasteiger partial charge on any atom is 0.273 e. The predicted octanol–water partition coefficient (Wildman–Crippen LogP) is 2.72. The van der Waals surface area contributed by atoms with E-state index in [2.05, 4.69) is 25.5 Å². The first kappa shape index (κ1) is 23.9. The topological polar surface area (TPSA) is 109 Å². The van der Waals surface area contributed by atoms with Gasteiger partial charge in [-0.15, -0.1) is 0 Å². The summed E-state index contributed by atoms with van der Waals surface area (Å²) in [6.45, 7) is 7.83. The monoisotopic (exact) mass is 482 g/mol. The summed E-state index contributed by atoms with van der Waals surface area (Å²) in [5.74, 6) is -0.156. The van der Waals surface area contributed by atoms with E-state index < -0.39 is 0 Å². The van der Waals surface area contributed by atoms with Crippen LogP contribution in [0.1, 0.15) is 37.8 Å². The molecule has 1 saturated heterocycles. The van der Waals surface area contributed by atoms with Crippen LogP contribution in [0.25, 0.3) is 10.3 Å². The summed E-state index contributed by atoms with van der Waals surface area (Å²) in [6, 6.07) is 5.91. The highest BCUT2D eigenvalue weighted by Crippen LogP contribution is 2.29. The first-order chi connectivity index (χ1) is 16.4. The van der Waals surface area contributed by atoms with Crippen LogP contribution >= 0.6 is 11.3 Å². The van der Waals surface area contributed by atoms with Crippen molar-refractivity contribution >= 4 is 44.3 Å². The molecule has 1 aliphatic heterocycles. The number of nitrogens with zero attached hydrogens (tertiary/aromatic N) is 4. The summed E-state index contributed by atoms with van der Waals surface area (Å²) >= 11 is 1.29. The van der Waals surface area contributed by atoms with Crippen molar-refractivity contribution in [2.45, 2.75) is 46.6 Å². The SMILES string of the molecule is CCNC(=O)C1CCN(c2nc3ncn(CC(=O)Nc4c(C)cccc4CC)c(=O)c3s2)CC1. The van der Waals surface area contributed by atoms with Crippen LogP contribution in [0.4, 0.5) is 10.8 Å². The Morgan fingerprint density at radius 3 is 2.68 bits per heavy atom. The van der Waals surface area contributed by atoms with Gasteiger partial charge in [0.2, 0.25) is 11.8 Å². The average molecular weight is 483 g/mol. The number of benzene rings is 1. The molecule has 1 aromatic carbocycles. The smallest absolute Gasteiger partial charge is 0.273 e. The van der Waals surface area contributed by atoms with Gasteiger partial charge in [0.25, 0.3) is 5.56 Å². The number of hydrogen-bond donors (Lipinski definition) is 2. The van der Waals surface area contributed by atoms with Crippen LogP contribution in [0, 0.1) is 12.8 Å². The zero-order chi connectivity index (χ0) is 24.2. The van der Waals surface area contributed by atoms with E-state index in [-0.39, 0.29) is 29.8 Å². The molecule has 0 atom stereocenters. The Morgan fingerprint density at radius 1 is 1.21 bits per heavy atom. The Hall–Kier alpha value is -3.27. The molecule has 2 N–H and O–H groups in total. The summed E-state index contributed by atoms with van der Waals surface area (Å²) in [6.07, 6.45) is 3.68. The molecule has 3 heterocycles. The number of anilines is 2. The van der Waals surface area contributed by atoms with Gasteiger partial charge in [0.1, 0.15) is 17.6 Å². The second-order valence-electron chi connectivity index (χ2n) is 8.49. The third-order valence-corrected chi connectivity index (χ3v) is 7.27. The molecule has 2 amide bonds. The quantitative estimate of drug-likeness (QED) is 0.536. The number of hydrogen-bond acceptors (Lipinski definition) is 7. The van der Waals surface area contributed by atoms with Gasteiger partial charge < -0.3 is 15.5 Å². The minimum atomic E-state index is -0.276. The predicted molar refractivity (Wildman–Crippen MR) is 134 cm³/mol. The molecule has 10 heteroatoms. The highest BCUT2D eigenvalue weighted by atomic mass is 32.1. The number of fused-ring (bicyclic) bond motifs is 1. The standard InChI is InChI=1S/C24H30N6O3S/c1-4-16-8-6-7-15(3)19(16)27-18(31)13-30-14-26-21-20(23(30)33)34-24(28-21)29-11-9-17(10-12-29)22(32)25-5-2/h6-8,14,17H,4-5,9-13H2,1-3H3,(H,25,32)(H,27,31). The number of aromatic nitrogens is 3. The van der Waals surface area contributed by atoms with E-state index in [4.69, 9.17) is 0 Å². The van der Waals surface area contributed by atoms with E-state index >= 15 is 0 Å². The fourth-order valence-electron chi connectivity index (χ4n) is 4.27. The summed E-state index contributed by atoms with van der Waals surface area (Å²) in [5.41, 5.74) is 2.95. The zero-order valence-electron chi connectivity index (χ0n) is 19.8. The minimum absolute atomic E-state index is 0.0147. The molecule has 3 aromatic rings.